The summed E-state index contributed by atoms with van der Waals surface area (Å²) in [6, 6.07) is 7.50. The van der Waals surface area contributed by atoms with Gasteiger partial charge in [-0.2, -0.15) is 13.2 Å². The summed E-state index contributed by atoms with van der Waals surface area (Å²) in [4.78, 5) is 36.5. The van der Waals surface area contributed by atoms with E-state index in [1.807, 2.05) is 41.3 Å². The number of benzene rings is 1. The standard InChI is InChI=1S/C23H31N3O3.C2HF3O2/c27-21-8-14-24-13-3-4-17-29-20-7-2-1-6-19(20)22(28)26-15-9-18(10-16-26)23(25-21)11-5-12-23;3-2(4,5)1(6)7/h1-4,6-7,18,24H,5,8-17H2,(H,25,27);(H,6,7)/b4-3-;. The largest absolute Gasteiger partial charge is 0.490 e. The summed E-state index contributed by atoms with van der Waals surface area (Å²) in [5.74, 6) is -1.49. The van der Waals surface area contributed by atoms with Crippen LogP contribution in [0.1, 0.15) is 48.9 Å². The molecule has 1 spiro atoms. The van der Waals surface area contributed by atoms with Crippen LogP contribution < -0.4 is 15.4 Å². The van der Waals surface area contributed by atoms with Crippen molar-refractivity contribution in [2.24, 2.45) is 5.92 Å². The van der Waals surface area contributed by atoms with Gasteiger partial charge in [-0.05, 0) is 50.2 Å². The van der Waals surface area contributed by atoms with Crippen LogP contribution in [0.3, 0.4) is 0 Å². The van der Waals surface area contributed by atoms with Gasteiger partial charge in [0.1, 0.15) is 12.4 Å². The lowest BCUT2D eigenvalue weighted by Gasteiger charge is -2.51. The second kappa shape index (κ2) is 12.2. The third-order valence-electron chi connectivity index (χ3n) is 6.85. The Balaban J connectivity index is 0.000000454. The molecule has 0 atom stereocenters. The number of aliphatic carboxylic acids is 1. The molecule has 4 aliphatic rings. The molecule has 3 N–H and O–H groups in total. The number of ether oxygens (including phenoxy) is 1. The first-order valence-electron chi connectivity index (χ1n) is 12.1. The number of carbonyl (C=O) groups is 3. The zero-order chi connectivity index (χ0) is 26.2. The quantitative estimate of drug-likeness (QED) is 0.462. The summed E-state index contributed by atoms with van der Waals surface area (Å²) in [6.45, 7) is 3.24. The fourth-order valence-corrected chi connectivity index (χ4v) is 4.78. The summed E-state index contributed by atoms with van der Waals surface area (Å²) in [5.41, 5.74) is 0.573. The molecule has 2 amide bonds. The Morgan fingerprint density at radius 3 is 2.39 bits per heavy atom. The molecule has 1 aromatic rings. The Kier molecular flexibility index (Phi) is 9.36. The fraction of sp³-hybridized carbons (Fsp3) is 0.560. The molecule has 2 fully saturated rings. The molecule has 0 aromatic heterocycles. The maximum absolute atomic E-state index is 13.1. The Labute approximate surface area is 207 Å². The number of nitrogens with one attached hydrogen (secondary N) is 2. The number of alkyl halides is 3. The van der Waals surface area contributed by atoms with Crippen molar-refractivity contribution in [3.05, 3.63) is 42.0 Å². The van der Waals surface area contributed by atoms with E-state index in [0.717, 1.165) is 38.8 Å². The molecule has 0 unspecified atom stereocenters. The number of halogens is 3. The van der Waals surface area contributed by atoms with E-state index in [-0.39, 0.29) is 17.4 Å². The van der Waals surface area contributed by atoms with Crippen molar-refractivity contribution in [2.45, 2.75) is 50.2 Å². The number of nitrogens with zero attached hydrogens (tertiary/aromatic N) is 1. The van der Waals surface area contributed by atoms with Crippen LogP contribution in [-0.4, -0.2) is 72.3 Å². The Hall–Kier alpha value is -3.08. The van der Waals surface area contributed by atoms with Crippen molar-refractivity contribution >= 4 is 17.8 Å². The van der Waals surface area contributed by atoms with Gasteiger partial charge < -0.3 is 25.4 Å². The first-order chi connectivity index (χ1) is 17.1. The minimum Gasteiger partial charge on any atom is -0.489 e. The number of carboxylic acid groups (broad SMARTS) is 1. The van der Waals surface area contributed by atoms with Gasteiger partial charge in [-0.1, -0.05) is 24.3 Å². The van der Waals surface area contributed by atoms with Crippen molar-refractivity contribution in [1.82, 2.24) is 15.5 Å². The van der Waals surface area contributed by atoms with Crippen LogP contribution in [0.15, 0.2) is 36.4 Å². The Morgan fingerprint density at radius 2 is 1.78 bits per heavy atom. The highest BCUT2D eigenvalue weighted by molar-refractivity contribution is 5.97. The van der Waals surface area contributed by atoms with Crippen molar-refractivity contribution in [2.75, 3.05) is 32.8 Å². The van der Waals surface area contributed by atoms with E-state index in [9.17, 15) is 22.8 Å². The van der Waals surface area contributed by atoms with Gasteiger partial charge in [-0.3, -0.25) is 9.59 Å². The molecule has 1 saturated carbocycles. The van der Waals surface area contributed by atoms with Gasteiger partial charge in [-0.25, -0.2) is 4.79 Å². The molecule has 2 bridgehead atoms. The molecule has 0 radical (unpaired) electrons. The van der Waals surface area contributed by atoms with Gasteiger partial charge in [0.25, 0.3) is 5.91 Å². The number of amides is 2. The first-order valence-corrected chi connectivity index (χ1v) is 12.1. The second-order valence-corrected chi connectivity index (χ2v) is 9.16. The van der Waals surface area contributed by atoms with Gasteiger partial charge in [-0.15, -0.1) is 0 Å². The number of hydrogen-bond donors (Lipinski definition) is 3. The Morgan fingerprint density at radius 1 is 1.11 bits per heavy atom. The predicted molar refractivity (Wildman–Crippen MR) is 126 cm³/mol. The number of rotatable bonds is 0. The molecule has 3 aliphatic heterocycles. The van der Waals surface area contributed by atoms with Crippen LogP contribution in [0.4, 0.5) is 13.2 Å². The normalized spacial score (nSPS) is 22.0. The molecule has 8 nitrogen and oxygen atoms in total. The summed E-state index contributed by atoms with van der Waals surface area (Å²) in [6.07, 6.45) is 4.51. The van der Waals surface area contributed by atoms with Gasteiger partial charge in [0.2, 0.25) is 5.91 Å². The van der Waals surface area contributed by atoms with Crippen LogP contribution in [0, 0.1) is 5.92 Å². The summed E-state index contributed by atoms with van der Waals surface area (Å²) in [5, 5.41) is 13.8. The molecule has 1 aliphatic carbocycles. The molecule has 36 heavy (non-hydrogen) atoms. The maximum Gasteiger partial charge on any atom is 0.490 e. The summed E-state index contributed by atoms with van der Waals surface area (Å²) in [7, 11) is 0. The van der Waals surface area contributed by atoms with E-state index >= 15 is 0 Å². The van der Waals surface area contributed by atoms with Crippen LogP contribution in [0.5, 0.6) is 5.75 Å². The van der Waals surface area contributed by atoms with Gasteiger partial charge in [0, 0.05) is 38.1 Å². The van der Waals surface area contributed by atoms with Gasteiger partial charge in [0.15, 0.2) is 0 Å². The van der Waals surface area contributed by atoms with Gasteiger partial charge >= 0.3 is 12.1 Å². The summed E-state index contributed by atoms with van der Waals surface area (Å²) >= 11 is 0. The number of carbonyl (C=O) groups excluding carboxylic acids is 2. The van der Waals surface area contributed by atoms with Crippen molar-refractivity contribution in [3.8, 4) is 5.75 Å². The monoisotopic (exact) mass is 511 g/mol. The smallest absolute Gasteiger partial charge is 0.489 e. The van der Waals surface area contributed by atoms with Crippen LogP contribution in [0.25, 0.3) is 0 Å². The second-order valence-electron chi connectivity index (χ2n) is 9.16. The van der Waals surface area contributed by atoms with E-state index in [1.165, 1.54) is 6.42 Å². The summed E-state index contributed by atoms with van der Waals surface area (Å²) < 4.78 is 37.6. The highest BCUT2D eigenvalue weighted by atomic mass is 19.4. The van der Waals surface area contributed by atoms with E-state index in [2.05, 4.69) is 10.6 Å². The van der Waals surface area contributed by atoms with E-state index in [4.69, 9.17) is 14.6 Å². The lowest BCUT2D eigenvalue weighted by Crippen LogP contribution is -2.60. The van der Waals surface area contributed by atoms with Crippen molar-refractivity contribution in [3.63, 3.8) is 0 Å². The first kappa shape index (κ1) is 27.5. The lowest BCUT2D eigenvalue weighted by molar-refractivity contribution is -0.192. The minimum absolute atomic E-state index is 0.0394. The van der Waals surface area contributed by atoms with E-state index in [0.29, 0.717) is 43.3 Å². The van der Waals surface area contributed by atoms with E-state index in [1.54, 1.807) is 0 Å². The maximum atomic E-state index is 13.1. The molecule has 11 heteroatoms. The van der Waals surface area contributed by atoms with Crippen LogP contribution in [-0.2, 0) is 9.59 Å². The fourth-order valence-electron chi connectivity index (χ4n) is 4.78. The topological polar surface area (TPSA) is 108 Å². The molecular weight excluding hydrogens is 479 g/mol. The molecule has 3 heterocycles. The Bertz CT molecular complexity index is 955. The number of fused-ring (bicyclic) bond motifs is 10. The number of para-hydroxylation sites is 1. The van der Waals surface area contributed by atoms with E-state index < -0.39 is 12.1 Å². The zero-order valence-corrected chi connectivity index (χ0v) is 20.0. The molecule has 1 saturated heterocycles. The molecule has 5 rings (SSSR count). The lowest BCUT2D eigenvalue weighted by atomic mass is 9.65. The molecule has 1 aromatic carbocycles. The molecular formula is C25H32F3N3O5. The average molecular weight is 512 g/mol. The van der Waals surface area contributed by atoms with Crippen molar-refractivity contribution in [1.29, 1.82) is 0 Å². The third kappa shape index (κ3) is 7.22. The highest BCUT2D eigenvalue weighted by Crippen LogP contribution is 2.43. The van der Waals surface area contributed by atoms with Crippen LogP contribution in [0.2, 0.25) is 0 Å². The minimum atomic E-state index is -5.08. The predicted octanol–water partition coefficient (Wildman–Crippen LogP) is 3.14. The number of piperidine rings is 1. The molecule has 198 valence electrons. The SMILES string of the molecule is O=C(O)C(F)(F)F.O=C1CCNC/C=C\COc2ccccc2C(=O)N2CCC(CC2)C2(CCC2)N1. The zero-order valence-electron chi connectivity index (χ0n) is 20.0. The van der Waals surface area contributed by atoms with Crippen molar-refractivity contribution < 1.29 is 37.4 Å². The number of carboxylic acids is 1. The average Bonchev–Trinajstić information content (AvgIpc) is 2.82. The van der Waals surface area contributed by atoms with Crippen LogP contribution >= 0.6 is 0 Å². The third-order valence-corrected chi connectivity index (χ3v) is 6.85. The number of hydrogen-bond acceptors (Lipinski definition) is 5. The highest BCUT2D eigenvalue weighted by Gasteiger charge is 2.46. The van der Waals surface area contributed by atoms with Gasteiger partial charge in [0.05, 0.1) is 5.56 Å².